The Morgan fingerprint density at radius 2 is 1.68 bits per heavy atom. The summed E-state index contributed by atoms with van der Waals surface area (Å²) in [4.78, 5) is 11.9. The Labute approximate surface area is 141 Å². The van der Waals surface area contributed by atoms with Crippen LogP contribution >= 0.6 is 0 Å². The maximum Gasteiger partial charge on any atom is 0.254 e. The molecule has 0 atom stereocenters. The Bertz CT molecular complexity index is 973. The molecule has 1 saturated carbocycles. The molecule has 2 aromatic carbocycles. The third-order valence-electron chi connectivity index (χ3n) is 4.06. The van der Waals surface area contributed by atoms with E-state index in [2.05, 4.69) is 5.32 Å². The van der Waals surface area contributed by atoms with E-state index in [-0.39, 0.29) is 5.56 Å². The SMILES string of the molecule is NS(=O)(=O)c1ccc(F)c(C(=O)NC2(c3cc(F)ccc3F)CC2)c1. The van der Waals surface area contributed by atoms with Crippen LogP contribution in [0.5, 0.6) is 0 Å². The zero-order valence-electron chi connectivity index (χ0n) is 12.7. The van der Waals surface area contributed by atoms with E-state index in [4.69, 9.17) is 5.14 Å². The fourth-order valence-electron chi connectivity index (χ4n) is 2.59. The molecule has 132 valence electrons. The van der Waals surface area contributed by atoms with Gasteiger partial charge in [0, 0.05) is 5.56 Å². The second-order valence-electron chi connectivity index (χ2n) is 5.85. The van der Waals surface area contributed by atoms with Crippen molar-refractivity contribution in [3.63, 3.8) is 0 Å². The molecule has 1 aliphatic carbocycles. The predicted molar refractivity (Wildman–Crippen MR) is 82.5 cm³/mol. The number of hydrogen-bond acceptors (Lipinski definition) is 3. The van der Waals surface area contributed by atoms with Crippen LogP contribution < -0.4 is 10.5 Å². The first kappa shape index (κ1) is 17.4. The molecular formula is C16H13F3N2O3S. The number of nitrogens with one attached hydrogen (secondary N) is 1. The number of sulfonamides is 1. The van der Waals surface area contributed by atoms with Gasteiger partial charge in [0.15, 0.2) is 0 Å². The van der Waals surface area contributed by atoms with E-state index >= 15 is 0 Å². The second kappa shape index (κ2) is 5.85. The van der Waals surface area contributed by atoms with Crippen molar-refractivity contribution in [2.24, 2.45) is 5.14 Å². The molecule has 0 unspecified atom stereocenters. The highest BCUT2D eigenvalue weighted by atomic mass is 32.2. The first-order chi connectivity index (χ1) is 11.6. The Balaban J connectivity index is 1.94. The molecule has 0 spiro atoms. The van der Waals surface area contributed by atoms with Gasteiger partial charge >= 0.3 is 0 Å². The number of halogens is 3. The minimum Gasteiger partial charge on any atom is -0.342 e. The van der Waals surface area contributed by atoms with Crippen LogP contribution in [-0.4, -0.2) is 14.3 Å². The normalized spacial score (nSPS) is 15.7. The lowest BCUT2D eigenvalue weighted by Gasteiger charge is -2.19. The predicted octanol–water partition coefficient (Wildman–Crippen LogP) is 2.17. The maximum absolute atomic E-state index is 14.0. The molecule has 1 fully saturated rings. The van der Waals surface area contributed by atoms with Crippen molar-refractivity contribution in [2.45, 2.75) is 23.3 Å². The number of nitrogens with two attached hydrogens (primary N) is 1. The molecule has 0 aromatic heterocycles. The van der Waals surface area contributed by atoms with Crippen LogP contribution in [0.1, 0.15) is 28.8 Å². The Kier molecular flexibility index (Phi) is 4.08. The second-order valence-corrected chi connectivity index (χ2v) is 7.41. The number of hydrogen-bond donors (Lipinski definition) is 2. The molecule has 0 saturated heterocycles. The lowest BCUT2D eigenvalue weighted by atomic mass is 10.0. The molecule has 0 radical (unpaired) electrons. The number of primary sulfonamides is 1. The van der Waals surface area contributed by atoms with Crippen molar-refractivity contribution < 1.29 is 26.4 Å². The molecule has 0 aliphatic heterocycles. The van der Waals surface area contributed by atoms with Gasteiger partial charge in [0.1, 0.15) is 17.5 Å². The molecule has 3 rings (SSSR count). The fourth-order valence-corrected chi connectivity index (χ4v) is 3.13. The van der Waals surface area contributed by atoms with Crippen LogP contribution in [0.3, 0.4) is 0 Å². The topological polar surface area (TPSA) is 89.3 Å². The molecule has 1 aliphatic rings. The van der Waals surface area contributed by atoms with Crippen LogP contribution in [0.25, 0.3) is 0 Å². The monoisotopic (exact) mass is 370 g/mol. The van der Waals surface area contributed by atoms with Gasteiger partial charge in [-0.1, -0.05) is 0 Å². The van der Waals surface area contributed by atoms with E-state index < -0.39 is 49.4 Å². The van der Waals surface area contributed by atoms with Crippen LogP contribution in [0, 0.1) is 17.5 Å². The first-order valence-electron chi connectivity index (χ1n) is 7.23. The summed E-state index contributed by atoms with van der Waals surface area (Å²) in [6.45, 7) is 0. The van der Waals surface area contributed by atoms with Gasteiger partial charge in [-0.3, -0.25) is 4.79 Å². The van der Waals surface area contributed by atoms with Gasteiger partial charge < -0.3 is 5.32 Å². The summed E-state index contributed by atoms with van der Waals surface area (Å²) in [5.74, 6) is -3.26. The summed E-state index contributed by atoms with van der Waals surface area (Å²) in [6.07, 6.45) is 0.686. The quantitative estimate of drug-likeness (QED) is 0.864. The average molecular weight is 370 g/mol. The standard InChI is InChI=1S/C16H13F3N2O3S/c17-9-1-3-14(19)12(7-9)16(5-6-16)21-15(22)11-8-10(25(20,23)24)2-4-13(11)18/h1-4,7-8H,5-6H2,(H,21,22)(H2,20,23,24). The molecule has 9 heteroatoms. The zero-order chi connectivity index (χ0) is 18.4. The van der Waals surface area contributed by atoms with Gasteiger partial charge in [0.25, 0.3) is 5.91 Å². The fraction of sp³-hybridized carbons (Fsp3) is 0.188. The van der Waals surface area contributed by atoms with Crippen molar-refractivity contribution in [3.8, 4) is 0 Å². The molecule has 5 nitrogen and oxygen atoms in total. The van der Waals surface area contributed by atoms with Gasteiger partial charge in [-0.25, -0.2) is 26.7 Å². The summed E-state index contributed by atoms with van der Waals surface area (Å²) in [5.41, 5.74) is -1.73. The van der Waals surface area contributed by atoms with Crippen molar-refractivity contribution in [3.05, 3.63) is 65.0 Å². The summed E-state index contributed by atoms with van der Waals surface area (Å²) in [5, 5.41) is 7.44. The van der Waals surface area contributed by atoms with Crippen molar-refractivity contribution in [1.29, 1.82) is 0 Å². The Morgan fingerprint density at radius 3 is 2.28 bits per heavy atom. The minimum absolute atomic E-state index is 0.0381. The number of amides is 1. The number of carbonyl (C=O) groups is 1. The molecule has 0 bridgehead atoms. The highest BCUT2D eigenvalue weighted by Crippen LogP contribution is 2.46. The van der Waals surface area contributed by atoms with Gasteiger partial charge in [0.2, 0.25) is 10.0 Å². The third-order valence-corrected chi connectivity index (χ3v) is 4.97. The number of benzene rings is 2. The maximum atomic E-state index is 14.0. The van der Waals surface area contributed by atoms with Gasteiger partial charge in [-0.2, -0.15) is 0 Å². The van der Waals surface area contributed by atoms with E-state index in [1.165, 1.54) is 0 Å². The van der Waals surface area contributed by atoms with Gasteiger partial charge in [-0.05, 0) is 49.2 Å². The average Bonchev–Trinajstić information content (AvgIpc) is 3.29. The highest BCUT2D eigenvalue weighted by Gasteiger charge is 2.48. The van der Waals surface area contributed by atoms with E-state index in [0.717, 1.165) is 36.4 Å². The van der Waals surface area contributed by atoms with Crippen LogP contribution in [-0.2, 0) is 15.6 Å². The van der Waals surface area contributed by atoms with Crippen molar-refractivity contribution in [2.75, 3.05) is 0 Å². The highest BCUT2D eigenvalue weighted by molar-refractivity contribution is 7.89. The summed E-state index contributed by atoms with van der Waals surface area (Å²) in [6, 6.07) is 5.40. The molecular weight excluding hydrogens is 357 g/mol. The van der Waals surface area contributed by atoms with E-state index in [0.29, 0.717) is 12.8 Å². The molecule has 0 heterocycles. The zero-order valence-corrected chi connectivity index (χ0v) is 13.5. The van der Waals surface area contributed by atoms with E-state index in [9.17, 15) is 26.4 Å². The summed E-state index contributed by atoms with van der Waals surface area (Å²) in [7, 11) is -4.12. The Hall–Kier alpha value is -2.39. The third kappa shape index (κ3) is 3.38. The summed E-state index contributed by atoms with van der Waals surface area (Å²) >= 11 is 0. The largest absolute Gasteiger partial charge is 0.342 e. The van der Waals surface area contributed by atoms with Gasteiger partial charge in [-0.15, -0.1) is 0 Å². The minimum atomic E-state index is -4.12. The molecule has 3 N–H and O–H groups in total. The smallest absolute Gasteiger partial charge is 0.254 e. The van der Waals surface area contributed by atoms with Crippen LogP contribution in [0.2, 0.25) is 0 Å². The van der Waals surface area contributed by atoms with E-state index in [1.54, 1.807) is 0 Å². The molecule has 2 aromatic rings. The lowest BCUT2D eigenvalue weighted by Crippen LogP contribution is -2.36. The first-order valence-corrected chi connectivity index (χ1v) is 8.77. The number of rotatable bonds is 4. The van der Waals surface area contributed by atoms with Crippen LogP contribution in [0.4, 0.5) is 13.2 Å². The van der Waals surface area contributed by atoms with Crippen molar-refractivity contribution >= 4 is 15.9 Å². The van der Waals surface area contributed by atoms with Gasteiger partial charge in [0.05, 0.1) is 16.0 Å². The van der Waals surface area contributed by atoms with Crippen molar-refractivity contribution in [1.82, 2.24) is 5.32 Å². The molecule has 25 heavy (non-hydrogen) atoms. The number of carbonyl (C=O) groups excluding carboxylic acids is 1. The summed E-state index contributed by atoms with van der Waals surface area (Å²) < 4.78 is 64.0. The molecule has 1 amide bonds. The Morgan fingerprint density at radius 1 is 1.04 bits per heavy atom. The van der Waals surface area contributed by atoms with E-state index in [1.807, 2.05) is 0 Å². The van der Waals surface area contributed by atoms with Crippen LogP contribution in [0.15, 0.2) is 41.3 Å². The lowest BCUT2D eigenvalue weighted by molar-refractivity contribution is 0.0925.